The van der Waals surface area contributed by atoms with Gasteiger partial charge in [0.05, 0.1) is 0 Å². The summed E-state index contributed by atoms with van der Waals surface area (Å²) in [6.07, 6.45) is 2.04. The molecule has 0 bridgehead atoms. The number of hydrogen-bond acceptors (Lipinski definition) is 4. The van der Waals surface area contributed by atoms with Crippen molar-refractivity contribution in [3.8, 4) is 0 Å². The fourth-order valence-corrected chi connectivity index (χ4v) is 3.56. The molecule has 128 valence electrons. The number of carbonyl (C=O) groups excluding carboxylic acids is 1. The molecule has 1 aromatic heterocycles. The van der Waals surface area contributed by atoms with Crippen molar-refractivity contribution in [3.05, 3.63) is 53.4 Å². The van der Waals surface area contributed by atoms with Gasteiger partial charge in [0.15, 0.2) is 11.5 Å². The number of hydrogen-bond donors (Lipinski definition) is 0. The summed E-state index contributed by atoms with van der Waals surface area (Å²) >= 11 is 0. The molecule has 1 aliphatic rings. The molecule has 2 heterocycles. The second-order valence-electron chi connectivity index (χ2n) is 6.34. The molecule has 0 radical (unpaired) electrons. The number of piperidine rings is 1. The first kappa shape index (κ1) is 16.7. The van der Waals surface area contributed by atoms with Gasteiger partial charge < -0.3 is 14.2 Å². The largest absolute Gasteiger partial charge is 0.377 e. The van der Waals surface area contributed by atoms with E-state index >= 15 is 0 Å². The van der Waals surface area contributed by atoms with Crippen LogP contribution in [0, 0.1) is 5.92 Å². The van der Waals surface area contributed by atoms with Gasteiger partial charge in [-0.15, -0.1) is 0 Å². The van der Waals surface area contributed by atoms with Crippen LogP contribution in [0.1, 0.15) is 47.5 Å². The van der Waals surface area contributed by atoms with Crippen LogP contribution in [0.4, 0.5) is 0 Å². The number of nitrogens with zero attached hydrogens (tertiary/aromatic N) is 2. The third-order valence-corrected chi connectivity index (χ3v) is 4.84. The predicted molar refractivity (Wildman–Crippen MR) is 90.7 cm³/mol. The summed E-state index contributed by atoms with van der Waals surface area (Å²) in [5.41, 5.74) is 1.75. The van der Waals surface area contributed by atoms with E-state index < -0.39 is 0 Å². The van der Waals surface area contributed by atoms with Crippen LogP contribution in [0.15, 0.2) is 40.9 Å². The minimum Gasteiger partial charge on any atom is -0.377 e. The lowest BCUT2D eigenvalue weighted by Crippen LogP contribution is -2.43. The third kappa shape index (κ3) is 3.51. The van der Waals surface area contributed by atoms with Crippen LogP contribution >= 0.6 is 0 Å². The topological polar surface area (TPSA) is 55.6 Å². The number of rotatable bonds is 5. The van der Waals surface area contributed by atoms with Gasteiger partial charge in [0.2, 0.25) is 0 Å². The van der Waals surface area contributed by atoms with E-state index in [0.29, 0.717) is 29.9 Å². The number of ether oxygens (including phenoxy) is 1. The fraction of sp³-hybridized carbons (Fsp3) is 0.474. The molecule has 0 saturated carbocycles. The molecule has 1 amide bonds. The van der Waals surface area contributed by atoms with Crippen LogP contribution in [0.25, 0.3) is 0 Å². The molecular weight excluding hydrogens is 304 g/mol. The monoisotopic (exact) mass is 328 g/mol. The lowest BCUT2D eigenvalue weighted by molar-refractivity contribution is 0.0634. The molecule has 1 aromatic carbocycles. The Bertz CT molecular complexity index is 668. The van der Waals surface area contributed by atoms with Crippen molar-refractivity contribution in [1.82, 2.24) is 10.1 Å². The molecule has 2 aromatic rings. The van der Waals surface area contributed by atoms with E-state index in [4.69, 9.17) is 9.26 Å². The van der Waals surface area contributed by atoms with Crippen molar-refractivity contribution in [2.75, 3.05) is 20.2 Å². The van der Waals surface area contributed by atoms with Gasteiger partial charge >= 0.3 is 0 Å². The first-order chi connectivity index (χ1) is 11.7. The zero-order valence-electron chi connectivity index (χ0n) is 14.3. The van der Waals surface area contributed by atoms with Gasteiger partial charge in [0, 0.05) is 26.3 Å². The van der Waals surface area contributed by atoms with E-state index in [1.54, 1.807) is 13.2 Å². The van der Waals surface area contributed by atoms with Gasteiger partial charge in [-0.1, -0.05) is 48.8 Å². The molecule has 0 aliphatic carbocycles. The Kier molecular flexibility index (Phi) is 5.30. The van der Waals surface area contributed by atoms with E-state index in [2.05, 4.69) is 36.3 Å². The Morgan fingerprint density at radius 2 is 2.17 bits per heavy atom. The summed E-state index contributed by atoms with van der Waals surface area (Å²) in [6, 6.07) is 12.3. The van der Waals surface area contributed by atoms with E-state index in [9.17, 15) is 4.79 Å². The third-order valence-electron chi connectivity index (χ3n) is 4.84. The van der Waals surface area contributed by atoms with Gasteiger partial charge in [0.25, 0.3) is 5.91 Å². The normalized spacial score (nSPS) is 21.0. The Morgan fingerprint density at radius 1 is 1.38 bits per heavy atom. The zero-order chi connectivity index (χ0) is 16.9. The van der Waals surface area contributed by atoms with E-state index in [1.165, 1.54) is 5.56 Å². The molecule has 3 rings (SSSR count). The molecule has 5 nitrogen and oxygen atoms in total. The molecule has 1 aliphatic heterocycles. The molecule has 1 fully saturated rings. The lowest BCUT2D eigenvalue weighted by atomic mass is 9.79. The summed E-state index contributed by atoms with van der Waals surface area (Å²) in [6.45, 7) is 4.04. The predicted octanol–water partition coefficient (Wildman–Crippen LogP) is 3.48. The summed E-state index contributed by atoms with van der Waals surface area (Å²) in [4.78, 5) is 14.6. The van der Waals surface area contributed by atoms with Crippen LogP contribution in [-0.2, 0) is 11.3 Å². The molecule has 24 heavy (non-hydrogen) atoms. The molecule has 2 atom stereocenters. The van der Waals surface area contributed by atoms with Gasteiger partial charge in [-0.05, 0) is 23.8 Å². The van der Waals surface area contributed by atoms with Crippen LogP contribution in [-0.4, -0.2) is 36.2 Å². The fourth-order valence-electron chi connectivity index (χ4n) is 3.56. The van der Waals surface area contributed by atoms with Crippen molar-refractivity contribution >= 4 is 5.91 Å². The van der Waals surface area contributed by atoms with Crippen molar-refractivity contribution in [3.63, 3.8) is 0 Å². The average molecular weight is 328 g/mol. The minimum absolute atomic E-state index is 0.0499. The maximum atomic E-state index is 12.7. The van der Waals surface area contributed by atoms with Gasteiger partial charge in [-0.2, -0.15) is 0 Å². The highest BCUT2D eigenvalue weighted by Crippen LogP contribution is 2.35. The summed E-state index contributed by atoms with van der Waals surface area (Å²) in [5, 5.41) is 3.89. The van der Waals surface area contributed by atoms with Crippen molar-refractivity contribution in [2.45, 2.75) is 32.3 Å². The smallest absolute Gasteiger partial charge is 0.276 e. The Morgan fingerprint density at radius 3 is 2.88 bits per heavy atom. The molecule has 1 saturated heterocycles. The first-order valence-corrected chi connectivity index (χ1v) is 8.51. The lowest BCUT2D eigenvalue weighted by Gasteiger charge is -2.38. The number of carbonyl (C=O) groups is 1. The van der Waals surface area contributed by atoms with Crippen LogP contribution < -0.4 is 0 Å². The second-order valence-corrected chi connectivity index (χ2v) is 6.34. The Hall–Kier alpha value is -2.14. The summed E-state index contributed by atoms with van der Waals surface area (Å²) in [5.74, 6) is 1.51. The number of likely N-dealkylation sites (tertiary alicyclic amines) is 1. The number of amides is 1. The number of methoxy groups -OCH3 is 1. The van der Waals surface area contributed by atoms with E-state index in [-0.39, 0.29) is 5.91 Å². The van der Waals surface area contributed by atoms with E-state index in [1.807, 2.05) is 11.0 Å². The van der Waals surface area contributed by atoms with Crippen LogP contribution in [0.5, 0.6) is 0 Å². The maximum absolute atomic E-state index is 12.7. The van der Waals surface area contributed by atoms with Crippen LogP contribution in [0.3, 0.4) is 0 Å². The van der Waals surface area contributed by atoms with Crippen molar-refractivity contribution < 1.29 is 14.1 Å². The zero-order valence-corrected chi connectivity index (χ0v) is 14.3. The minimum atomic E-state index is -0.0499. The molecule has 0 spiro atoms. The van der Waals surface area contributed by atoms with Gasteiger partial charge in [0.1, 0.15) is 6.61 Å². The van der Waals surface area contributed by atoms with Crippen molar-refractivity contribution in [1.29, 1.82) is 0 Å². The van der Waals surface area contributed by atoms with E-state index in [0.717, 1.165) is 25.9 Å². The average Bonchev–Trinajstić information content (AvgIpc) is 3.10. The molecule has 5 heteroatoms. The molecule has 0 N–H and O–H groups in total. The highest BCUT2D eigenvalue weighted by atomic mass is 16.5. The van der Waals surface area contributed by atoms with Crippen molar-refractivity contribution in [2.24, 2.45) is 5.92 Å². The number of benzene rings is 1. The van der Waals surface area contributed by atoms with Gasteiger partial charge in [-0.3, -0.25) is 4.79 Å². The highest BCUT2D eigenvalue weighted by Gasteiger charge is 2.32. The molecule has 0 unspecified atom stereocenters. The molecular formula is C19H24N2O3. The highest BCUT2D eigenvalue weighted by molar-refractivity contribution is 5.92. The maximum Gasteiger partial charge on any atom is 0.276 e. The number of aromatic nitrogens is 1. The van der Waals surface area contributed by atoms with Gasteiger partial charge in [-0.25, -0.2) is 0 Å². The summed E-state index contributed by atoms with van der Waals surface area (Å²) in [7, 11) is 1.59. The Balaban J connectivity index is 1.69. The second kappa shape index (κ2) is 7.62. The summed E-state index contributed by atoms with van der Waals surface area (Å²) < 4.78 is 10.1. The first-order valence-electron chi connectivity index (χ1n) is 8.51. The standard InChI is InChI=1S/C19H24N2O3/c1-3-14-12-21(10-9-17(14)15-7-5-4-6-8-15)19(22)18-11-16(13-23-2)24-20-18/h4-8,11,14,17H,3,9-10,12-13H2,1-2H3/t14-,17+/m0/s1. The Labute approximate surface area is 142 Å². The quantitative estimate of drug-likeness (QED) is 0.843. The van der Waals surface area contributed by atoms with Crippen LogP contribution in [0.2, 0.25) is 0 Å². The SMILES string of the molecule is CC[C@H]1CN(C(=O)c2cc(COC)on2)CC[C@H]1c1ccccc1.